The minimum Gasteiger partial charge on any atom is -0.436 e. The van der Waals surface area contributed by atoms with Crippen molar-refractivity contribution in [2.45, 2.75) is 58.9 Å². The van der Waals surface area contributed by atoms with E-state index in [2.05, 4.69) is 58.9 Å². The van der Waals surface area contributed by atoms with Crippen LogP contribution in [0.3, 0.4) is 0 Å². The lowest BCUT2D eigenvalue weighted by Crippen LogP contribution is -2.46. The van der Waals surface area contributed by atoms with E-state index in [0.29, 0.717) is 0 Å². The van der Waals surface area contributed by atoms with Crippen molar-refractivity contribution >= 4 is 34.0 Å². The van der Waals surface area contributed by atoms with Gasteiger partial charge in [-0.1, -0.05) is 19.6 Å². The summed E-state index contributed by atoms with van der Waals surface area (Å²) in [5.74, 6) is 0. The highest BCUT2D eigenvalue weighted by Crippen LogP contribution is 2.15. The normalized spacial score (nSPS) is 15.8. The highest BCUT2D eigenvalue weighted by molar-refractivity contribution is 6.81. The standard InChI is InChI=1S/C11H32O3Si4/c1-15(12-11-16(2,3)4)10-13-18(8,9)14-17(5,6)7/h15H,10-11H2,1-9H3. The van der Waals surface area contributed by atoms with Crippen LogP contribution in [0, 0.1) is 0 Å². The molecule has 0 fully saturated rings. The summed E-state index contributed by atoms with van der Waals surface area (Å²) in [4.78, 5) is 0. The molecule has 1 unspecified atom stereocenters. The Labute approximate surface area is 118 Å². The summed E-state index contributed by atoms with van der Waals surface area (Å²) in [7, 11) is -5.72. The summed E-state index contributed by atoms with van der Waals surface area (Å²) in [6.45, 7) is 20.2. The monoisotopic (exact) mass is 324 g/mol. The van der Waals surface area contributed by atoms with Gasteiger partial charge < -0.3 is 13.0 Å². The Morgan fingerprint density at radius 3 is 1.78 bits per heavy atom. The Morgan fingerprint density at radius 2 is 1.39 bits per heavy atom. The molecule has 1 atom stereocenters. The highest BCUT2D eigenvalue weighted by atomic mass is 28.4. The van der Waals surface area contributed by atoms with Gasteiger partial charge in [0.2, 0.25) is 0 Å². The molecule has 0 aliphatic rings. The fraction of sp³-hybridized carbons (Fsp3) is 1.00. The van der Waals surface area contributed by atoms with Crippen LogP contribution in [0.25, 0.3) is 0 Å². The van der Waals surface area contributed by atoms with E-state index in [1.54, 1.807) is 0 Å². The predicted octanol–water partition coefficient (Wildman–Crippen LogP) is 3.34. The van der Waals surface area contributed by atoms with Gasteiger partial charge in [-0.15, -0.1) is 0 Å². The van der Waals surface area contributed by atoms with Crippen molar-refractivity contribution in [2.24, 2.45) is 0 Å². The smallest absolute Gasteiger partial charge is 0.321 e. The van der Waals surface area contributed by atoms with Gasteiger partial charge in [-0.05, 0) is 39.3 Å². The molecule has 0 radical (unpaired) electrons. The Kier molecular flexibility index (Phi) is 7.25. The van der Waals surface area contributed by atoms with Crippen molar-refractivity contribution < 1.29 is 13.0 Å². The molecule has 0 rings (SSSR count). The molecule has 7 heteroatoms. The SMILES string of the molecule is C[SiH](CO[Si](C)(C)O[Si](C)(C)C)OC[Si](C)(C)C. The molecule has 0 saturated carbocycles. The maximum Gasteiger partial charge on any atom is 0.321 e. The van der Waals surface area contributed by atoms with Gasteiger partial charge in [-0.2, -0.15) is 0 Å². The van der Waals surface area contributed by atoms with Crippen molar-refractivity contribution in [1.29, 1.82) is 0 Å². The predicted molar refractivity (Wildman–Crippen MR) is 90.2 cm³/mol. The van der Waals surface area contributed by atoms with Crippen LogP contribution in [-0.2, 0) is 13.0 Å². The maximum absolute atomic E-state index is 6.15. The second kappa shape index (κ2) is 6.96. The average Bonchev–Trinajstić information content (AvgIpc) is 2.06. The van der Waals surface area contributed by atoms with Gasteiger partial charge in [-0.25, -0.2) is 0 Å². The molecular weight excluding hydrogens is 292 g/mol. The molecule has 0 aromatic carbocycles. The minimum absolute atomic E-state index is 0.786. The third-order valence-corrected chi connectivity index (χ3v) is 10.4. The summed E-state index contributed by atoms with van der Waals surface area (Å²) in [5, 5.41) is 0. The van der Waals surface area contributed by atoms with Crippen LogP contribution in [-0.4, -0.2) is 46.5 Å². The van der Waals surface area contributed by atoms with Crippen LogP contribution in [0.1, 0.15) is 0 Å². The fourth-order valence-electron chi connectivity index (χ4n) is 1.53. The van der Waals surface area contributed by atoms with Crippen LogP contribution in [0.5, 0.6) is 0 Å². The molecule has 0 aliphatic heterocycles. The third-order valence-electron chi connectivity index (χ3n) is 2.02. The lowest BCUT2D eigenvalue weighted by atomic mass is 11.6. The van der Waals surface area contributed by atoms with Gasteiger partial charge >= 0.3 is 8.56 Å². The van der Waals surface area contributed by atoms with Crippen LogP contribution in [0.4, 0.5) is 0 Å². The molecule has 0 bridgehead atoms. The molecule has 0 aromatic rings. The zero-order valence-electron chi connectivity index (χ0n) is 13.7. The first kappa shape index (κ1) is 18.7. The summed E-state index contributed by atoms with van der Waals surface area (Å²) >= 11 is 0. The van der Waals surface area contributed by atoms with Crippen molar-refractivity contribution in [3.8, 4) is 0 Å². The van der Waals surface area contributed by atoms with Crippen LogP contribution in [0.2, 0.25) is 58.9 Å². The molecule has 0 heterocycles. The fourth-order valence-corrected chi connectivity index (χ4v) is 13.4. The average molecular weight is 325 g/mol. The Morgan fingerprint density at radius 1 is 0.889 bits per heavy atom. The third kappa shape index (κ3) is 11.8. The van der Waals surface area contributed by atoms with E-state index in [1.165, 1.54) is 0 Å². The number of hydrogen-bond donors (Lipinski definition) is 0. The molecule has 0 aliphatic carbocycles. The van der Waals surface area contributed by atoms with Crippen LogP contribution >= 0.6 is 0 Å². The molecule has 3 nitrogen and oxygen atoms in total. The summed E-state index contributed by atoms with van der Waals surface area (Å²) in [5.41, 5.74) is 0. The molecular formula is C11H32O3Si4. The molecule has 0 saturated heterocycles. The molecule has 18 heavy (non-hydrogen) atoms. The van der Waals surface area contributed by atoms with Crippen molar-refractivity contribution in [3.05, 3.63) is 0 Å². The zero-order chi connectivity index (χ0) is 14.6. The van der Waals surface area contributed by atoms with E-state index >= 15 is 0 Å². The van der Waals surface area contributed by atoms with Crippen molar-refractivity contribution in [2.75, 3.05) is 12.5 Å². The number of hydrogen-bond acceptors (Lipinski definition) is 3. The zero-order valence-corrected chi connectivity index (χ0v) is 17.9. The molecule has 110 valence electrons. The molecule has 0 amide bonds. The van der Waals surface area contributed by atoms with E-state index < -0.39 is 34.0 Å². The van der Waals surface area contributed by atoms with E-state index in [4.69, 9.17) is 13.0 Å². The van der Waals surface area contributed by atoms with Gasteiger partial charge in [0.15, 0.2) is 17.4 Å². The topological polar surface area (TPSA) is 27.7 Å². The van der Waals surface area contributed by atoms with Crippen molar-refractivity contribution in [3.63, 3.8) is 0 Å². The van der Waals surface area contributed by atoms with Crippen LogP contribution in [0.15, 0.2) is 0 Å². The Bertz CT molecular complexity index is 246. The first-order valence-electron chi connectivity index (χ1n) is 6.76. The van der Waals surface area contributed by atoms with Gasteiger partial charge in [-0.3, -0.25) is 0 Å². The second-order valence-corrected chi connectivity index (χ2v) is 23.4. The lowest BCUT2D eigenvalue weighted by Gasteiger charge is -2.31. The lowest BCUT2D eigenvalue weighted by molar-refractivity contribution is 0.266. The van der Waals surface area contributed by atoms with E-state index in [9.17, 15) is 0 Å². The van der Waals surface area contributed by atoms with Gasteiger partial charge in [0.25, 0.3) is 0 Å². The van der Waals surface area contributed by atoms with Crippen LogP contribution < -0.4 is 0 Å². The minimum atomic E-state index is -1.95. The summed E-state index contributed by atoms with van der Waals surface area (Å²) in [6.07, 6.45) is 1.74. The maximum atomic E-state index is 6.15. The highest BCUT2D eigenvalue weighted by Gasteiger charge is 2.32. The first-order chi connectivity index (χ1) is 7.81. The number of rotatable bonds is 8. The first-order valence-corrected chi connectivity index (χ1v) is 19.1. The Hall–Kier alpha value is 0.748. The second-order valence-electron chi connectivity index (χ2n) is 7.61. The van der Waals surface area contributed by atoms with E-state index in [0.717, 1.165) is 12.5 Å². The van der Waals surface area contributed by atoms with Crippen molar-refractivity contribution in [1.82, 2.24) is 0 Å². The summed E-state index contributed by atoms with van der Waals surface area (Å²) in [6, 6.07) is 0. The molecule has 0 aromatic heterocycles. The summed E-state index contributed by atoms with van der Waals surface area (Å²) < 4.78 is 18.2. The van der Waals surface area contributed by atoms with Gasteiger partial charge in [0.1, 0.15) is 0 Å². The van der Waals surface area contributed by atoms with E-state index in [-0.39, 0.29) is 0 Å². The van der Waals surface area contributed by atoms with Gasteiger partial charge in [0, 0.05) is 6.23 Å². The quantitative estimate of drug-likeness (QED) is 0.641. The van der Waals surface area contributed by atoms with E-state index in [1.807, 2.05) is 0 Å². The molecule has 0 N–H and O–H groups in total. The molecule has 0 spiro atoms. The Balaban J connectivity index is 4.01. The van der Waals surface area contributed by atoms with Gasteiger partial charge in [0.05, 0.1) is 14.3 Å². The largest absolute Gasteiger partial charge is 0.436 e.